The molecule has 0 saturated carbocycles. The summed E-state index contributed by atoms with van der Waals surface area (Å²) in [6.07, 6.45) is 3.12. The second kappa shape index (κ2) is 8.28. The second-order valence-electron chi connectivity index (χ2n) is 9.15. The Balaban J connectivity index is 1.52. The first-order chi connectivity index (χ1) is 16.6. The number of aromatic nitrogens is 2. The van der Waals surface area contributed by atoms with E-state index in [1.54, 1.807) is 18.3 Å². The zero-order chi connectivity index (χ0) is 25.2. The number of non-ortho nitro benzene ring substituents is 1. The molecule has 10 nitrogen and oxygen atoms in total. The molecular weight excluding hydrogens is 472 g/mol. The van der Waals surface area contributed by atoms with Gasteiger partial charge in [0.05, 0.1) is 34.9 Å². The van der Waals surface area contributed by atoms with Crippen LogP contribution in [0.25, 0.3) is 10.4 Å². The topological polar surface area (TPSA) is 118 Å². The molecule has 2 aromatic heterocycles. The average molecular weight is 498 g/mol. The Kier molecular flexibility index (Phi) is 5.48. The Labute approximate surface area is 204 Å². The number of aliphatic hydroxyl groups is 1. The number of amides is 1. The minimum absolute atomic E-state index is 0.0501. The van der Waals surface area contributed by atoms with Crippen molar-refractivity contribution in [2.45, 2.75) is 39.5 Å². The van der Waals surface area contributed by atoms with Crippen LogP contribution in [0.4, 0.5) is 5.69 Å². The third kappa shape index (κ3) is 3.53. The molecule has 2 aliphatic rings. The monoisotopic (exact) mass is 497 g/mol. The number of thiazole rings is 1. The van der Waals surface area contributed by atoms with Gasteiger partial charge < -0.3 is 14.7 Å². The van der Waals surface area contributed by atoms with E-state index in [4.69, 9.17) is 4.74 Å². The highest BCUT2D eigenvalue weighted by molar-refractivity contribution is 7.18. The maximum atomic E-state index is 13.4. The number of carbonyl (C=O) groups excluding carboxylic acids is 2. The molecule has 4 heterocycles. The van der Waals surface area contributed by atoms with Crippen molar-refractivity contribution in [3.8, 4) is 0 Å². The van der Waals surface area contributed by atoms with E-state index in [1.165, 1.54) is 29.2 Å². The van der Waals surface area contributed by atoms with Crippen LogP contribution in [0, 0.1) is 28.9 Å². The largest absolute Gasteiger partial charge is 0.456 e. The quantitative estimate of drug-likeness (QED) is 0.184. The number of nitro groups is 1. The summed E-state index contributed by atoms with van der Waals surface area (Å²) in [6, 6.07) is 5.45. The van der Waals surface area contributed by atoms with Crippen LogP contribution in [0.5, 0.6) is 0 Å². The maximum Gasteiger partial charge on any atom is 0.355 e. The number of aryl methyl sites for hydroxylation is 2. The minimum atomic E-state index is -0.831. The lowest BCUT2D eigenvalue weighted by Gasteiger charge is -2.46. The van der Waals surface area contributed by atoms with Crippen LogP contribution in [0.3, 0.4) is 0 Å². The number of fused-ring (bicyclic) bond motifs is 2. The minimum Gasteiger partial charge on any atom is -0.456 e. The Morgan fingerprint density at radius 1 is 1.34 bits per heavy atom. The molecule has 0 bridgehead atoms. The number of rotatable bonds is 6. The van der Waals surface area contributed by atoms with Crippen LogP contribution >= 0.6 is 11.3 Å². The van der Waals surface area contributed by atoms with Crippen molar-refractivity contribution in [1.82, 2.24) is 9.30 Å². The fraction of sp³-hybridized carbons (Fsp3) is 0.375. The lowest BCUT2D eigenvalue weighted by molar-refractivity contribution is -0.670. The summed E-state index contributed by atoms with van der Waals surface area (Å²) in [5.41, 5.74) is 2.46. The normalized spacial score (nSPS) is 22.4. The molecule has 0 unspecified atom stereocenters. The number of nitro benzene ring substituents is 1. The number of aliphatic hydroxyl groups excluding tert-OH is 1. The van der Waals surface area contributed by atoms with Crippen molar-refractivity contribution in [2.75, 3.05) is 0 Å². The van der Waals surface area contributed by atoms with Gasteiger partial charge in [0.15, 0.2) is 0 Å². The summed E-state index contributed by atoms with van der Waals surface area (Å²) in [6.45, 7) is 5.45. The van der Waals surface area contributed by atoms with Gasteiger partial charge in [-0.1, -0.05) is 18.3 Å². The summed E-state index contributed by atoms with van der Waals surface area (Å²) in [5.74, 6) is -1.68. The van der Waals surface area contributed by atoms with E-state index in [0.717, 1.165) is 21.0 Å². The number of hydrogen-bond acceptors (Lipinski definition) is 7. The number of ether oxygens (including phenoxy) is 1. The van der Waals surface area contributed by atoms with Gasteiger partial charge in [-0.15, -0.1) is 0 Å². The highest BCUT2D eigenvalue weighted by Gasteiger charge is 2.60. The van der Waals surface area contributed by atoms with Gasteiger partial charge in [0, 0.05) is 23.6 Å². The number of β-lactam (4-membered cyclic amide) rings is 1. The third-order valence-corrected chi connectivity index (χ3v) is 8.10. The van der Waals surface area contributed by atoms with Gasteiger partial charge in [-0.2, -0.15) is 4.40 Å². The van der Waals surface area contributed by atoms with E-state index in [9.17, 15) is 24.8 Å². The highest BCUT2D eigenvalue weighted by atomic mass is 32.1. The molecule has 0 spiro atoms. The molecule has 1 saturated heterocycles. The van der Waals surface area contributed by atoms with Gasteiger partial charge >= 0.3 is 5.97 Å². The van der Waals surface area contributed by atoms with E-state index in [1.807, 2.05) is 42.4 Å². The van der Waals surface area contributed by atoms with Crippen LogP contribution in [-0.4, -0.2) is 43.4 Å². The summed E-state index contributed by atoms with van der Waals surface area (Å²) < 4.78 is 9.59. The van der Waals surface area contributed by atoms with Gasteiger partial charge in [0.25, 0.3) is 5.69 Å². The van der Waals surface area contributed by atoms with Crippen molar-refractivity contribution in [1.29, 1.82) is 0 Å². The zero-order valence-electron chi connectivity index (χ0n) is 19.7. The molecular formula is C24H25N4O6S+. The first kappa shape index (κ1) is 23.2. The van der Waals surface area contributed by atoms with Crippen LogP contribution in [0.2, 0.25) is 0 Å². The fourth-order valence-electron chi connectivity index (χ4n) is 5.16. The molecule has 11 heteroatoms. The summed E-state index contributed by atoms with van der Waals surface area (Å²) in [5, 5.41) is 21.1. The highest BCUT2D eigenvalue weighted by Crippen LogP contribution is 2.52. The summed E-state index contributed by atoms with van der Waals surface area (Å²) in [7, 11) is 1.94. The molecule has 5 rings (SSSR count). The lowest BCUT2D eigenvalue weighted by Crippen LogP contribution is -2.63. The van der Waals surface area contributed by atoms with Crippen LogP contribution in [0.15, 0.2) is 42.5 Å². The standard InChI is InChI=1S/C24H25N4O6S/c1-12-18(22-13(2)26-11-25(4)9-17(26)35-22)21(27-20(12)19(14(3)29)23(27)30)24(31)34-10-15-5-7-16(8-6-15)28(32)33/h5-9,11-12,14,19-20,29H,10H2,1-4H3/q+1/t12-,14+,19+,20+/m0/s1. The van der Waals surface area contributed by atoms with Crippen LogP contribution in [0.1, 0.15) is 30.0 Å². The van der Waals surface area contributed by atoms with Gasteiger partial charge in [-0.3, -0.25) is 14.9 Å². The lowest BCUT2D eigenvalue weighted by atomic mass is 9.77. The molecule has 3 aromatic rings. The van der Waals surface area contributed by atoms with E-state index >= 15 is 0 Å². The van der Waals surface area contributed by atoms with Gasteiger partial charge in [-0.25, -0.2) is 9.36 Å². The first-order valence-electron chi connectivity index (χ1n) is 11.2. The molecule has 0 radical (unpaired) electrons. The van der Waals surface area contributed by atoms with Crippen molar-refractivity contribution >= 4 is 39.3 Å². The van der Waals surface area contributed by atoms with Crippen LogP contribution < -0.4 is 4.57 Å². The molecule has 2 aliphatic heterocycles. The molecule has 182 valence electrons. The summed E-state index contributed by atoms with van der Waals surface area (Å²) >= 11 is 1.54. The number of nitrogens with zero attached hydrogens (tertiary/aromatic N) is 4. The number of hydrogen-bond donors (Lipinski definition) is 1. The smallest absolute Gasteiger partial charge is 0.355 e. The zero-order valence-corrected chi connectivity index (χ0v) is 20.5. The Hall–Kier alpha value is -3.57. The molecule has 0 aliphatic carbocycles. The van der Waals surface area contributed by atoms with Gasteiger partial charge in [-0.05, 0) is 31.5 Å². The Morgan fingerprint density at radius 3 is 2.63 bits per heavy atom. The number of esters is 1. The molecule has 4 atom stereocenters. The molecule has 1 fully saturated rings. The predicted octanol–water partition coefficient (Wildman–Crippen LogP) is 2.35. The second-order valence-corrected chi connectivity index (χ2v) is 10.2. The first-order valence-corrected chi connectivity index (χ1v) is 12.0. The van der Waals surface area contributed by atoms with E-state index in [2.05, 4.69) is 0 Å². The van der Waals surface area contributed by atoms with Gasteiger partial charge in [0.1, 0.15) is 24.2 Å². The molecule has 1 N–H and O–H groups in total. The molecule has 1 amide bonds. The van der Waals surface area contributed by atoms with Crippen molar-refractivity contribution < 1.29 is 28.9 Å². The molecule has 35 heavy (non-hydrogen) atoms. The van der Waals surface area contributed by atoms with Crippen molar-refractivity contribution in [3.63, 3.8) is 0 Å². The Morgan fingerprint density at radius 2 is 2.03 bits per heavy atom. The van der Waals surface area contributed by atoms with E-state index < -0.39 is 22.9 Å². The van der Waals surface area contributed by atoms with Gasteiger partial charge in [0.2, 0.25) is 17.1 Å². The number of benzene rings is 1. The van der Waals surface area contributed by atoms with E-state index in [-0.39, 0.29) is 35.9 Å². The third-order valence-electron chi connectivity index (χ3n) is 6.87. The number of carbonyl (C=O) groups is 2. The number of imidazole rings is 1. The van der Waals surface area contributed by atoms with E-state index in [0.29, 0.717) is 5.56 Å². The van der Waals surface area contributed by atoms with Crippen molar-refractivity contribution in [2.24, 2.45) is 18.9 Å². The SMILES string of the molecule is Cc1c(C2=C(C(=O)OCc3ccc([N+](=O)[O-])cc3)N3C(=O)[C@H]([C@@H](C)O)[C@H]3[C@H]2C)sc2c[n+](C)cn12. The van der Waals surface area contributed by atoms with Crippen LogP contribution in [-0.2, 0) is 28.0 Å². The average Bonchev–Trinajstić information content (AvgIpc) is 3.39. The maximum absolute atomic E-state index is 13.4. The molecule has 1 aromatic carbocycles. The predicted molar refractivity (Wildman–Crippen MR) is 126 cm³/mol. The Bertz CT molecular complexity index is 1400. The van der Waals surface area contributed by atoms with Crippen molar-refractivity contribution in [3.05, 3.63) is 68.7 Å². The summed E-state index contributed by atoms with van der Waals surface area (Å²) in [4.78, 5) is 40.2. The fourth-order valence-corrected chi connectivity index (χ4v) is 6.51.